The molecule has 202 valence electrons. The van der Waals surface area contributed by atoms with Crippen LogP contribution in [0.4, 0.5) is 17.1 Å². The summed E-state index contributed by atoms with van der Waals surface area (Å²) >= 11 is 1.85. The summed E-state index contributed by atoms with van der Waals surface area (Å²) in [6.45, 7) is 0. The van der Waals surface area contributed by atoms with Crippen molar-refractivity contribution in [1.82, 2.24) is 0 Å². The fourth-order valence-electron chi connectivity index (χ4n) is 6.47. The molecule has 3 heteroatoms. The zero-order valence-corrected chi connectivity index (χ0v) is 24.0. The molecule has 0 radical (unpaired) electrons. The van der Waals surface area contributed by atoms with Gasteiger partial charge in [0, 0.05) is 47.6 Å². The number of fused-ring (bicyclic) bond motifs is 7. The number of nitrogens with zero attached hydrogens (tertiary/aromatic N) is 1. The second kappa shape index (κ2) is 9.59. The van der Waals surface area contributed by atoms with Crippen LogP contribution < -0.4 is 4.90 Å². The molecule has 0 amide bonds. The Morgan fingerprint density at radius 1 is 0.442 bits per heavy atom. The van der Waals surface area contributed by atoms with Crippen LogP contribution in [0.3, 0.4) is 0 Å². The van der Waals surface area contributed by atoms with Gasteiger partial charge in [-0.1, -0.05) is 97.1 Å². The molecule has 0 aliphatic carbocycles. The van der Waals surface area contributed by atoms with Crippen LogP contribution in [-0.2, 0) is 0 Å². The Morgan fingerprint density at radius 3 is 2.09 bits per heavy atom. The zero-order valence-electron chi connectivity index (χ0n) is 23.2. The first kappa shape index (κ1) is 24.2. The largest absolute Gasteiger partial charge is 0.456 e. The van der Waals surface area contributed by atoms with Gasteiger partial charge in [0.2, 0.25) is 0 Å². The molecule has 7 aromatic carbocycles. The third kappa shape index (κ3) is 3.86. The highest BCUT2D eigenvalue weighted by molar-refractivity contribution is 7.25. The van der Waals surface area contributed by atoms with Gasteiger partial charge in [0.05, 0.1) is 11.4 Å². The summed E-state index contributed by atoms with van der Waals surface area (Å²) in [6, 6.07) is 54.4. The van der Waals surface area contributed by atoms with Gasteiger partial charge in [0.15, 0.2) is 0 Å². The summed E-state index contributed by atoms with van der Waals surface area (Å²) in [6.07, 6.45) is 0. The predicted octanol–water partition coefficient (Wildman–Crippen LogP) is 12.2. The minimum Gasteiger partial charge on any atom is -0.456 e. The van der Waals surface area contributed by atoms with E-state index in [0.29, 0.717) is 0 Å². The Kier molecular flexibility index (Phi) is 5.40. The molecule has 0 saturated heterocycles. The summed E-state index contributed by atoms with van der Waals surface area (Å²) in [5.41, 5.74) is 7.47. The van der Waals surface area contributed by atoms with Gasteiger partial charge in [-0.2, -0.15) is 0 Å². The average molecular weight is 568 g/mol. The van der Waals surface area contributed by atoms with Crippen LogP contribution in [0.25, 0.3) is 64.0 Å². The van der Waals surface area contributed by atoms with Crippen LogP contribution in [0.2, 0.25) is 0 Å². The number of rotatable bonds is 4. The summed E-state index contributed by atoms with van der Waals surface area (Å²) in [4.78, 5) is 2.42. The van der Waals surface area contributed by atoms with E-state index in [9.17, 15) is 0 Å². The van der Waals surface area contributed by atoms with E-state index < -0.39 is 0 Å². The molecule has 0 aliphatic heterocycles. The fourth-order valence-corrected chi connectivity index (χ4v) is 7.56. The van der Waals surface area contributed by atoms with Gasteiger partial charge >= 0.3 is 0 Å². The first-order valence-electron chi connectivity index (χ1n) is 14.5. The molecular weight excluding hydrogens is 543 g/mol. The molecule has 9 aromatic rings. The first-order chi connectivity index (χ1) is 21.3. The summed E-state index contributed by atoms with van der Waals surface area (Å²) in [5.74, 6) is 0. The molecule has 0 N–H and O–H groups in total. The number of anilines is 3. The third-order valence-corrected chi connectivity index (χ3v) is 9.61. The van der Waals surface area contributed by atoms with Gasteiger partial charge in [0.25, 0.3) is 0 Å². The van der Waals surface area contributed by atoms with Crippen molar-refractivity contribution >= 4 is 81.3 Å². The minimum atomic E-state index is 0.899. The molecule has 2 nitrogen and oxygen atoms in total. The lowest BCUT2D eigenvalue weighted by Gasteiger charge is -2.29. The normalized spacial score (nSPS) is 11.7. The van der Waals surface area contributed by atoms with Gasteiger partial charge in [-0.25, -0.2) is 0 Å². The van der Waals surface area contributed by atoms with E-state index in [4.69, 9.17) is 4.42 Å². The van der Waals surface area contributed by atoms with Crippen LogP contribution in [0.1, 0.15) is 0 Å². The maximum atomic E-state index is 6.31. The highest BCUT2D eigenvalue weighted by atomic mass is 32.1. The average Bonchev–Trinajstić information content (AvgIpc) is 3.63. The van der Waals surface area contributed by atoms with Crippen molar-refractivity contribution in [1.29, 1.82) is 0 Å². The molecule has 2 heterocycles. The summed E-state index contributed by atoms with van der Waals surface area (Å²) in [5, 5.41) is 7.29. The van der Waals surface area contributed by atoms with E-state index in [-0.39, 0.29) is 0 Å². The second-order valence-corrected chi connectivity index (χ2v) is 12.0. The van der Waals surface area contributed by atoms with Gasteiger partial charge in [-0.3, -0.25) is 0 Å². The standard InChI is InChI=1S/C40H25NOS/c1-2-12-29-26(10-1)11-9-17-36(29)41(28-21-23-40-34(25-28)33-15-5-8-19-39(33)43-40)35-16-6-3-13-30(35)27-20-22-32-31-14-4-7-18-37(31)42-38(32)24-27/h1-25H. The maximum Gasteiger partial charge on any atom is 0.136 e. The van der Waals surface area contributed by atoms with E-state index >= 15 is 0 Å². The molecular formula is C40H25NOS. The van der Waals surface area contributed by atoms with E-state index in [1.165, 1.54) is 30.9 Å². The van der Waals surface area contributed by atoms with E-state index in [0.717, 1.165) is 50.1 Å². The lowest BCUT2D eigenvalue weighted by Crippen LogP contribution is -2.11. The number of thiophene rings is 1. The Morgan fingerprint density at radius 2 is 1.14 bits per heavy atom. The van der Waals surface area contributed by atoms with Gasteiger partial charge in [0.1, 0.15) is 11.2 Å². The van der Waals surface area contributed by atoms with Gasteiger partial charge < -0.3 is 9.32 Å². The molecule has 2 aromatic heterocycles. The smallest absolute Gasteiger partial charge is 0.136 e. The monoisotopic (exact) mass is 567 g/mol. The molecule has 43 heavy (non-hydrogen) atoms. The highest BCUT2D eigenvalue weighted by Gasteiger charge is 2.20. The summed E-state index contributed by atoms with van der Waals surface area (Å²) in [7, 11) is 0. The Labute approximate surface area is 252 Å². The van der Waals surface area contributed by atoms with Crippen molar-refractivity contribution in [2.45, 2.75) is 0 Å². The van der Waals surface area contributed by atoms with Crippen molar-refractivity contribution in [3.05, 3.63) is 152 Å². The maximum absolute atomic E-state index is 6.31. The molecule has 0 spiro atoms. The third-order valence-electron chi connectivity index (χ3n) is 8.46. The van der Waals surface area contributed by atoms with Crippen LogP contribution in [0.5, 0.6) is 0 Å². The lowest BCUT2D eigenvalue weighted by atomic mass is 9.99. The van der Waals surface area contributed by atoms with E-state index in [1.807, 2.05) is 23.5 Å². The van der Waals surface area contributed by atoms with Crippen molar-refractivity contribution in [2.24, 2.45) is 0 Å². The number of benzene rings is 7. The molecule has 9 rings (SSSR count). The topological polar surface area (TPSA) is 16.4 Å². The van der Waals surface area contributed by atoms with Gasteiger partial charge in [-0.15, -0.1) is 11.3 Å². The highest BCUT2D eigenvalue weighted by Crippen LogP contribution is 2.46. The number of furan rings is 1. The molecule has 0 aliphatic rings. The van der Waals surface area contributed by atoms with Gasteiger partial charge in [-0.05, 0) is 65.5 Å². The van der Waals surface area contributed by atoms with Crippen molar-refractivity contribution in [3.8, 4) is 11.1 Å². The fraction of sp³-hybridized carbons (Fsp3) is 0. The number of para-hydroxylation sites is 2. The Bertz CT molecular complexity index is 2480. The SMILES string of the molecule is c1ccc(N(c2ccc3sc4ccccc4c3c2)c2cccc3ccccc23)c(-c2ccc3c(c2)oc2ccccc23)c1. The molecule has 0 atom stereocenters. The Balaban J connectivity index is 1.31. The quantitative estimate of drug-likeness (QED) is 0.210. The van der Waals surface area contributed by atoms with Crippen LogP contribution >= 0.6 is 11.3 Å². The Hall–Kier alpha value is -5.38. The lowest BCUT2D eigenvalue weighted by molar-refractivity contribution is 0.669. The predicted molar refractivity (Wildman–Crippen MR) is 184 cm³/mol. The first-order valence-corrected chi connectivity index (χ1v) is 15.3. The molecule has 0 saturated carbocycles. The number of hydrogen-bond acceptors (Lipinski definition) is 3. The molecule has 0 bridgehead atoms. The van der Waals surface area contributed by atoms with Crippen molar-refractivity contribution < 1.29 is 4.42 Å². The van der Waals surface area contributed by atoms with Crippen LogP contribution in [-0.4, -0.2) is 0 Å². The van der Waals surface area contributed by atoms with Crippen LogP contribution in [0, 0.1) is 0 Å². The summed E-state index contributed by atoms with van der Waals surface area (Å²) < 4.78 is 8.92. The van der Waals surface area contributed by atoms with Crippen LogP contribution in [0.15, 0.2) is 156 Å². The second-order valence-electron chi connectivity index (χ2n) is 10.9. The molecule has 0 unspecified atom stereocenters. The zero-order chi connectivity index (χ0) is 28.3. The number of hydrogen-bond donors (Lipinski definition) is 0. The van der Waals surface area contributed by atoms with E-state index in [1.54, 1.807) is 0 Å². The van der Waals surface area contributed by atoms with Crippen molar-refractivity contribution in [3.63, 3.8) is 0 Å². The van der Waals surface area contributed by atoms with Crippen molar-refractivity contribution in [2.75, 3.05) is 4.90 Å². The molecule has 0 fully saturated rings. The minimum absolute atomic E-state index is 0.899. The van der Waals surface area contributed by atoms with E-state index in [2.05, 4.69) is 144 Å².